The first kappa shape index (κ1) is 18.4. The van der Waals surface area contributed by atoms with Crippen molar-refractivity contribution in [1.29, 1.82) is 0 Å². The number of ether oxygens (including phenoxy) is 1. The molecule has 0 fully saturated rings. The number of hydrogen-bond donors (Lipinski definition) is 1. The second-order valence-corrected chi connectivity index (χ2v) is 6.78. The van der Waals surface area contributed by atoms with Gasteiger partial charge in [0.2, 0.25) is 0 Å². The van der Waals surface area contributed by atoms with Gasteiger partial charge in [0.15, 0.2) is 0 Å². The SMILES string of the molecule is S=C(NCCc1ccccc1)c1cccc(OCc2ccc(Cl)cc2)c1. The fraction of sp³-hybridized carbons (Fsp3) is 0.136. The molecule has 0 aliphatic rings. The molecule has 0 unspecified atom stereocenters. The van der Waals surface area contributed by atoms with Gasteiger partial charge in [0, 0.05) is 17.1 Å². The van der Waals surface area contributed by atoms with Crippen LogP contribution in [0, 0.1) is 0 Å². The molecular formula is C22H20ClNOS. The van der Waals surface area contributed by atoms with Crippen LogP contribution in [0.1, 0.15) is 16.7 Å². The van der Waals surface area contributed by atoms with E-state index in [1.54, 1.807) is 0 Å². The van der Waals surface area contributed by atoms with Crippen LogP contribution in [0.2, 0.25) is 5.02 Å². The van der Waals surface area contributed by atoms with Crippen molar-refractivity contribution in [3.8, 4) is 5.75 Å². The van der Waals surface area contributed by atoms with Crippen molar-refractivity contribution in [1.82, 2.24) is 5.32 Å². The van der Waals surface area contributed by atoms with Crippen LogP contribution in [-0.2, 0) is 13.0 Å². The van der Waals surface area contributed by atoms with E-state index in [4.69, 9.17) is 28.6 Å². The first-order chi connectivity index (χ1) is 12.7. The van der Waals surface area contributed by atoms with Crippen LogP contribution in [0.25, 0.3) is 0 Å². The highest BCUT2D eigenvalue weighted by Crippen LogP contribution is 2.17. The van der Waals surface area contributed by atoms with Gasteiger partial charge in [-0.05, 0) is 41.8 Å². The molecule has 0 saturated heterocycles. The van der Waals surface area contributed by atoms with Gasteiger partial charge in [-0.25, -0.2) is 0 Å². The molecular weight excluding hydrogens is 362 g/mol. The molecule has 0 heterocycles. The lowest BCUT2D eigenvalue weighted by molar-refractivity contribution is 0.306. The van der Waals surface area contributed by atoms with E-state index in [-0.39, 0.29) is 0 Å². The van der Waals surface area contributed by atoms with Gasteiger partial charge in [-0.1, -0.05) is 78.4 Å². The van der Waals surface area contributed by atoms with Crippen molar-refractivity contribution < 1.29 is 4.74 Å². The minimum absolute atomic E-state index is 0.495. The van der Waals surface area contributed by atoms with E-state index in [1.807, 2.05) is 54.6 Å². The molecule has 0 radical (unpaired) electrons. The average Bonchev–Trinajstić information content (AvgIpc) is 2.68. The second-order valence-electron chi connectivity index (χ2n) is 5.93. The van der Waals surface area contributed by atoms with Gasteiger partial charge >= 0.3 is 0 Å². The molecule has 2 nitrogen and oxygen atoms in total. The van der Waals surface area contributed by atoms with Crippen molar-refractivity contribution in [3.05, 3.63) is 101 Å². The van der Waals surface area contributed by atoms with Gasteiger partial charge in [0.25, 0.3) is 0 Å². The summed E-state index contributed by atoms with van der Waals surface area (Å²) in [6.07, 6.45) is 0.938. The Hall–Kier alpha value is -2.36. The summed E-state index contributed by atoms with van der Waals surface area (Å²) in [7, 11) is 0. The maximum Gasteiger partial charge on any atom is 0.120 e. The van der Waals surface area contributed by atoms with Gasteiger partial charge in [-0.2, -0.15) is 0 Å². The molecule has 132 valence electrons. The molecule has 3 rings (SSSR count). The quantitative estimate of drug-likeness (QED) is 0.551. The molecule has 3 aromatic rings. The Labute approximate surface area is 164 Å². The summed E-state index contributed by atoms with van der Waals surface area (Å²) >= 11 is 11.4. The van der Waals surface area contributed by atoms with Crippen molar-refractivity contribution in [3.63, 3.8) is 0 Å². The third-order valence-corrected chi connectivity index (χ3v) is 4.59. The van der Waals surface area contributed by atoms with E-state index in [1.165, 1.54) is 5.56 Å². The van der Waals surface area contributed by atoms with Crippen LogP contribution < -0.4 is 10.1 Å². The number of thiocarbonyl (C=S) groups is 1. The highest BCUT2D eigenvalue weighted by molar-refractivity contribution is 7.80. The molecule has 4 heteroatoms. The molecule has 0 atom stereocenters. The Balaban J connectivity index is 1.52. The normalized spacial score (nSPS) is 10.3. The summed E-state index contributed by atoms with van der Waals surface area (Å²) in [5, 5.41) is 4.04. The summed E-state index contributed by atoms with van der Waals surface area (Å²) in [6, 6.07) is 25.9. The summed E-state index contributed by atoms with van der Waals surface area (Å²) in [6.45, 7) is 1.30. The number of nitrogens with one attached hydrogen (secondary N) is 1. The first-order valence-corrected chi connectivity index (χ1v) is 9.29. The largest absolute Gasteiger partial charge is 0.489 e. The number of rotatable bonds is 7. The predicted octanol–water partition coefficient (Wildman–Crippen LogP) is 5.43. The Bertz CT molecular complexity index is 850. The summed E-state index contributed by atoms with van der Waals surface area (Å²) in [5.41, 5.74) is 3.33. The molecule has 0 saturated carbocycles. The Kier molecular flexibility index (Phi) is 6.64. The third kappa shape index (κ3) is 5.58. The zero-order chi connectivity index (χ0) is 18.2. The van der Waals surface area contributed by atoms with Gasteiger partial charge in [0.05, 0.1) is 0 Å². The smallest absolute Gasteiger partial charge is 0.120 e. The Morgan fingerprint density at radius 2 is 1.65 bits per heavy atom. The molecule has 0 amide bonds. The van der Waals surface area contributed by atoms with Crippen molar-refractivity contribution in [2.24, 2.45) is 0 Å². The average molecular weight is 382 g/mol. The molecule has 1 N–H and O–H groups in total. The third-order valence-electron chi connectivity index (χ3n) is 3.96. The molecule has 3 aromatic carbocycles. The first-order valence-electron chi connectivity index (χ1n) is 8.50. The van der Waals surface area contributed by atoms with E-state index in [0.717, 1.165) is 39.9 Å². The Morgan fingerprint density at radius 3 is 2.42 bits per heavy atom. The van der Waals surface area contributed by atoms with Gasteiger partial charge in [-0.15, -0.1) is 0 Å². The molecule has 0 spiro atoms. The minimum Gasteiger partial charge on any atom is -0.489 e. The maximum atomic E-state index is 5.90. The van der Waals surface area contributed by atoms with E-state index < -0.39 is 0 Å². The van der Waals surface area contributed by atoms with E-state index in [9.17, 15) is 0 Å². The number of benzene rings is 3. The lowest BCUT2D eigenvalue weighted by Crippen LogP contribution is -2.24. The zero-order valence-electron chi connectivity index (χ0n) is 14.3. The molecule has 0 bridgehead atoms. The van der Waals surface area contributed by atoms with Crippen molar-refractivity contribution >= 4 is 28.8 Å². The van der Waals surface area contributed by atoms with E-state index in [0.29, 0.717) is 6.61 Å². The van der Waals surface area contributed by atoms with Crippen LogP contribution in [0.4, 0.5) is 0 Å². The van der Waals surface area contributed by atoms with Gasteiger partial charge in [0.1, 0.15) is 17.3 Å². The molecule has 0 aliphatic heterocycles. The number of halogens is 1. The molecule has 0 aliphatic carbocycles. The van der Waals surface area contributed by atoms with Crippen molar-refractivity contribution in [2.75, 3.05) is 6.54 Å². The maximum absolute atomic E-state index is 5.90. The summed E-state index contributed by atoms with van der Waals surface area (Å²) < 4.78 is 5.87. The zero-order valence-corrected chi connectivity index (χ0v) is 15.9. The van der Waals surface area contributed by atoms with Gasteiger partial charge < -0.3 is 10.1 Å². The fourth-order valence-corrected chi connectivity index (χ4v) is 2.90. The molecule has 26 heavy (non-hydrogen) atoms. The summed E-state index contributed by atoms with van der Waals surface area (Å²) in [5.74, 6) is 0.796. The number of hydrogen-bond acceptors (Lipinski definition) is 2. The van der Waals surface area contributed by atoms with E-state index in [2.05, 4.69) is 29.6 Å². The van der Waals surface area contributed by atoms with Crippen LogP contribution in [0.3, 0.4) is 0 Å². The lowest BCUT2D eigenvalue weighted by Gasteiger charge is -2.11. The highest BCUT2D eigenvalue weighted by atomic mass is 35.5. The van der Waals surface area contributed by atoms with Crippen LogP contribution in [0.5, 0.6) is 5.75 Å². The van der Waals surface area contributed by atoms with Crippen LogP contribution in [-0.4, -0.2) is 11.5 Å². The predicted molar refractivity (Wildman–Crippen MR) is 112 cm³/mol. The standard InChI is InChI=1S/C22H20ClNOS/c23-20-11-9-18(10-12-20)16-25-21-8-4-7-19(15-21)22(26)24-14-13-17-5-2-1-3-6-17/h1-12,15H,13-14,16H2,(H,24,26). The van der Waals surface area contributed by atoms with E-state index >= 15 is 0 Å². The minimum atomic E-state index is 0.495. The lowest BCUT2D eigenvalue weighted by atomic mass is 10.1. The fourth-order valence-electron chi connectivity index (χ4n) is 2.54. The second kappa shape index (κ2) is 9.37. The van der Waals surface area contributed by atoms with Crippen LogP contribution >= 0.6 is 23.8 Å². The monoisotopic (exact) mass is 381 g/mol. The summed E-state index contributed by atoms with van der Waals surface area (Å²) in [4.78, 5) is 0.734. The highest BCUT2D eigenvalue weighted by Gasteiger charge is 2.03. The van der Waals surface area contributed by atoms with Crippen molar-refractivity contribution in [2.45, 2.75) is 13.0 Å². The van der Waals surface area contributed by atoms with Crippen LogP contribution in [0.15, 0.2) is 78.9 Å². The topological polar surface area (TPSA) is 21.3 Å². The molecule has 0 aromatic heterocycles. The van der Waals surface area contributed by atoms with Gasteiger partial charge in [-0.3, -0.25) is 0 Å². The Morgan fingerprint density at radius 1 is 0.885 bits per heavy atom.